The van der Waals surface area contributed by atoms with E-state index in [-0.39, 0.29) is 18.7 Å². The largest absolute Gasteiger partial charge is 0.494 e. The first-order chi connectivity index (χ1) is 33.3. The molecule has 0 bridgehead atoms. The molecule has 6 heterocycles. The molecule has 3 aromatic carbocycles. The maximum atomic E-state index is 13.8. The molecule has 69 heavy (non-hydrogen) atoms. The third-order valence-electron chi connectivity index (χ3n) is 14.0. The first kappa shape index (κ1) is 46.9. The maximum absolute atomic E-state index is 13.8. The Balaban J connectivity index is 0.748. The molecule has 2 amide bonds. The first-order valence-corrected chi connectivity index (χ1v) is 27.4. The van der Waals surface area contributed by atoms with E-state index in [9.17, 15) is 18.9 Å². The van der Waals surface area contributed by atoms with E-state index in [1.54, 1.807) is 26.6 Å². The summed E-state index contributed by atoms with van der Waals surface area (Å²) in [6.45, 7) is 12.6. The summed E-state index contributed by atoms with van der Waals surface area (Å²) < 4.78 is 27.4. The van der Waals surface area contributed by atoms with Gasteiger partial charge in [-0.05, 0) is 128 Å². The summed E-state index contributed by atoms with van der Waals surface area (Å²) in [5.41, 5.74) is 6.77. The molecule has 362 valence electrons. The molecule has 1 aliphatic carbocycles. The van der Waals surface area contributed by atoms with Crippen molar-refractivity contribution in [2.75, 3.05) is 87.1 Å². The number of rotatable bonds is 15. The number of carbonyl (C=O) groups excluding carboxylic acids is 2. The lowest BCUT2D eigenvalue weighted by Gasteiger charge is -2.43. The van der Waals surface area contributed by atoms with Crippen LogP contribution in [0.3, 0.4) is 0 Å². The number of oxazole rings is 1. The molecule has 0 spiro atoms. The Bertz CT molecular complexity index is 3040. The summed E-state index contributed by atoms with van der Waals surface area (Å²) in [5, 5.41) is 14.3. The van der Waals surface area contributed by atoms with Gasteiger partial charge in [0.2, 0.25) is 17.8 Å². The molecule has 0 radical (unpaired) electrons. The van der Waals surface area contributed by atoms with E-state index in [4.69, 9.17) is 19.1 Å². The predicted molar refractivity (Wildman–Crippen MR) is 275 cm³/mol. The number of nitrogens with one attached hydrogen (secondary N) is 4. The summed E-state index contributed by atoms with van der Waals surface area (Å²) in [5.74, 6) is 1.09. The summed E-state index contributed by atoms with van der Waals surface area (Å²) in [7, 11) is -1.08. The zero-order valence-electron chi connectivity index (χ0n) is 39.5. The number of fused-ring (bicyclic) bond motifs is 2. The van der Waals surface area contributed by atoms with Crippen LogP contribution in [0.2, 0.25) is 0 Å². The van der Waals surface area contributed by atoms with E-state index in [1.165, 1.54) is 15.8 Å². The van der Waals surface area contributed by atoms with E-state index in [0.29, 0.717) is 50.9 Å². The van der Waals surface area contributed by atoms with Gasteiger partial charge in [0, 0.05) is 93.0 Å². The number of benzene rings is 3. The molecule has 1 atom stereocenters. The normalized spacial score (nSPS) is 18.7. The molecular formula is C50H59BrN11O6P. The van der Waals surface area contributed by atoms with Gasteiger partial charge in [-0.2, -0.15) is 4.98 Å². The molecule has 4 N–H and O–H groups in total. The smallest absolute Gasteiger partial charge is 0.420 e. The quantitative estimate of drug-likeness (QED) is 0.0588. The van der Waals surface area contributed by atoms with Crippen molar-refractivity contribution in [2.24, 2.45) is 0 Å². The van der Waals surface area contributed by atoms with Crippen LogP contribution in [-0.2, 0) is 27.0 Å². The molecule has 1 saturated carbocycles. The van der Waals surface area contributed by atoms with Gasteiger partial charge in [0.05, 0.1) is 34.0 Å². The number of piperidine rings is 2. The number of nitrogens with zero attached hydrogens (tertiary/aromatic N) is 7. The Hall–Kier alpha value is -5.81. The van der Waals surface area contributed by atoms with Gasteiger partial charge in [-0.1, -0.05) is 13.0 Å². The number of aryl methyl sites for hydroxylation is 1. The number of methoxy groups -OCH3 is 1. The van der Waals surface area contributed by atoms with Gasteiger partial charge >= 0.3 is 5.76 Å². The van der Waals surface area contributed by atoms with Crippen molar-refractivity contribution in [1.82, 2.24) is 34.6 Å². The lowest BCUT2D eigenvalue weighted by atomic mass is 9.99. The van der Waals surface area contributed by atoms with Crippen molar-refractivity contribution in [2.45, 2.75) is 76.4 Å². The zero-order valence-corrected chi connectivity index (χ0v) is 42.0. The topological polar surface area (TPSA) is 192 Å². The summed E-state index contributed by atoms with van der Waals surface area (Å²) in [6.07, 6.45) is 8.30. The lowest BCUT2D eigenvalue weighted by Crippen LogP contribution is -2.53. The average molecular weight is 1020 g/mol. The number of hydrogen-bond donors (Lipinski definition) is 4. The number of halogens is 1. The minimum atomic E-state index is -2.77. The van der Waals surface area contributed by atoms with Gasteiger partial charge in [-0.25, -0.2) is 14.8 Å². The highest BCUT2D eigenvalue weighted by Crippen LogP contribution is 2.43. The number of hydrogen-bond acceptors (Lipinski definition) is 15. The highest BCUT2D eigenvalue weighted by atomic mass is 79.9. The van der Waals surface area contributed by atoms with Crippen LogP contribution in [0.5, 0.6) is 5.75 Å². The average Bonchev–Trinajstić information content (AvgIpc) is 4.10. The van der Waals surface area contributed by atoms with Crippen molar-refractivity contribution in [3.63, 3.8) is 0 Å². The van der Waals surface area contributed by atoms with Crippen molar-refractivity contribution in [3.8, 4) is 5.75 Å². The predicted octanol–water partition coefficient (Wildman–Crippen LogP) is 7.38. The van der Waals surface area contributed by atoms with Gasteiger partial charge in [0.1, 0.15) is 30.6 Å². The Morgan fingerprint density at radius 2 is 1.70 bits per heavy atom. The van der Waals surface area contributed by atoms with Crippen LogP contribution < -0.4 is 42.0 Å². The third-order valence-corrected chi connectivity index (χ3v) is 16.1. The fraction of sp³-hybridized carbons (Fsp3) is 0.440. The molecule has 19 heteroatoms. The number of ether oxygens (including phenoxy) is 1. The molecular weight excluding hydrogens is 961 g/mol. The van der Waals surface area contributed by atoms with E-state index in [2.05, 4.69) is 75.9 Å². The zero-order chi connectivity index (χ0) is 48.0. The van der Waals surface area contributed by atoms with Crippen LogP contribution in [0.4, 0.5) is 34.6 Å². The highest BCUT2D eigenvalue weighted by Gasteiger charge is 2.32. The second-order valence-electron chi connectivity index (χ2n) is 19.0. The minimum Gasteiger partial charge on any atom is -0.494 e. The summed E-state index contributed by atoms with van der Waals surface area (Å²) >= 11 is 3.64. The minimum absolute atomic E-state index is 0.190. The van der Waals surface area contributed by atoms with E-state index in [0.717, 1.165) is 118 Å². The molecule has 10 rings (SSSR count). The van der Waals surface area contributed by atoms with Crippen LogP contribution in [-0.4, -0.2) is 119 Å². The molecule has 3 aliphatic heterocycles. The Morgan fingerprint density at radius 3 is 2.42 bits per heavy atom. The van der Waals surface area contributed by atoms with Crippen molar-refractivity contribution in [1.29, 1.82) is 0 Å². The highest BCUT2D eigenvalue weighted by molar-refractivity contribution is 9.10. The molecule has 6 aromatic rings. The van der Waals surface area contributed by atoms with Crippen LogP contribution in [0, 0.1) is 0 Å². The fourth-order valence-electron chi connectivity index (χ4n) is 10.2. The van der Waals surface area contributed by atoms with Crippen molar-refractivity contribution in [3.05, 3.63) is 86.9 Å². The molecule has 3 saturated heterocycles. The van der Waals surface area contributed by atoms with Crippen molar-refractivity contribution < 1.29 is 23.3 Å². The van der Waals surface area contributed by atoms with Crippen LogP contribution in [0.25, 0.3) is 22.0 Å². The SMILES string of the molecule is CCc1cc(Nc2ncc(Br)c(Nc3ccc4nc(NC5CC5)ccc4c3P(C)(C)=O)n2)c(OC)cc1N1CCC(N2CCN(CCc3ccc4c(c3)oc(=O)n4C3CCC(=O)NC3=O)CC2)CC1. The number of carbonyl (C=O) groups is 2. The Kier molecular flexibility index (Phi) is 13.3. The number of piperazine rings is 1. The van der Waals surface area contributed by atoms with Crippen LogP contribution in [0.15, 0.2) is 74.5 Å². The summed E-state index contributed by atoms with van der Waals surface area (Å²) in [6, 6.07) is 18.2. The lowest BCUT2D eigenvalue weighted by molar-refractivity contribution is -0.135. The summed E-state index contributed by atoms with van der Waals surface area (Å²) in [4.78, 5) is 58.9. The molecule has 4 fully saturated rings. The Morgan fingerprint density at radius 1 is 0.899 bits per heavy atom. The maximum Gasteiger partial charge on any atom is 0.420 e. The van der Waals surface area contributed by atoms with Gasteiger partial charge in [-0.15, -0.1) is 0 Å². The van der Waals surface area contributed by atoms with Gasteiger partial charge < -0.3 is 39.5 Å². The standard InChI is InChI=1S/C50H59BrN11O6P/c1-5-31-27-38(56-49-52-29-35(51)47(58-49)55-37-11-10-36-34(46(37)69(3,4)66)9-14-44(54-36)53-32-7-8-32)42(67-2)28-41(31)61-20-17-33(18-21-61)60-24-22-59(23-25-60)19-16-30-6-12-39-43(26-30)68-50(65)62(39)40-13-15-45(63)57-48(40)64/h6,9-12,14,26-29,32-33,40H,5,7-8,13,15-25H2,1-4H3,(H,53,54)(H,57,63,64)(H2,52,55,56,58). The second-order valence-corrected chi connectivity index (χ2v) is 23.0. The second kappa shape index (κ2) is 19.5. The van der Waals surface area contributed by atoms with Gasteiger partial charge in [-0.3, -0.25) is 24.4 Å². The number of imide groups is 1. The third kappa shape index (κ3) is 10.1. The Labute approximate surface area is 409 Å². The van der Waals surface area contributed by atoms with Crippen molar-refractivity contribution >= 4 is 96.8 Å². The van der Waals surface area contributed by atoms with E-state index < -0.39 is 24.8 Å². The van der Waals surface area contributed by atoms with Crippen LogP contribution in [0.1, 0.15) is 62.6 Å². The fourth-order valence-corrected chi connectivity index (χ4v) is 11.9. The number of aromatic nitrogens is 4. The molecule has 17 nitrogen and oxygen atoms in total. The number of amides is 2. The van der Waals surface area contributed by atoms with E-state index in [1.807, 2.05) is 42.5 Å². The monoisotopic (exact) mass is 1020 g/mol. The van der Waals surface area contributed by atoms with Gasteiger partial charge in [0.15, 0.2) is 5.58 Å². The number of pyridine rings is 1. The van der Waals surface area contributed by atoms with Crippen LogP contribution >= 0.6 is 23.1 Å². The number of anilines is 6. The molecule has 4 aliphatic rings. The molecule has 1 unspecified atom stereocenters. The first-order valence-electron chi connectivity index (χ1n) is 24.0. The molecule has 3 aromatic heterocycles. The van der Waals surface area contributed by atoms with Gasteiger partial charge in [0.25, 0.3) is 0 Å². The van der Waals surface area contributed by atoms with E-state index >= 15 is 0 Å².